The molecule has 0 unspecified atom stereocenters. The Bertz CT molecular complexity index is 1310. The third-order valence-electron chi connectivity index (χ3n) is 5.48. The third-order valence-corrected chi connectivity index (χ3v) is 5.48. The average molecular weight is 384 g/mol. The Morgan fingerprint density at radius 3 is 2.69 bits per heavy atom. The van der Waals surface area contributed by atoms with Crippen molar-refractivity contribution in [3.63, 3.8) is 0 Å². The van der Waals surface area contributed by atoms with Crippen LogP contribution in [0.1, 0.15) is 35.4 Å². The van der Waals surface area contributed by atoms with Crippen molar-refractivity contribution >= 4 is 27.6 Å². The first kappa shape index (κ1) is 17.6. The van der Waals surface area contributed by atoms with E-state index < -0.39 is 5.97 Å². The van der Waals surface area contributed by atoms with Crippen LogP contribution in [0.15, 0.2) is 65.5 Å². The Hall–Kier alpha value is -3.47. The van der Waals surface area contributed by atoms with E-state index in [4.69, 9.17) is 4.74 Å². The monoisotopic (exact) mass is 384 g/mol. The summed E-state index contributed by atoms with van der Waals surface area (Å²) in [7, 11) is 0. The van der Waals surface area contributed by atoms with Crippen molar-refractivity contribution in [2.45, 2.75) is 32.2 Å². The quantitative estimate of drug-likeness (QED) is 0.377. The molecule has 1 aromatic heterocycles. The molecule has 0 spiro atoms. The van der Waals surface area contributed by atoms with Crippen molar-refractivity contribution < 1.29 is 9.53 Å². The maximum Gasteiger partial charge on any atom is 0.343 e. The van der Waals surface area contributed by atoms with Crippen LogP contribution in [0.3, 0.4) is 0 Å². The van der Waals surface area contributed by atoms with Gasteiger partial charge in [-0.05, 0) is 53.9 Å². The summed E-state index contributed by atoms with van der Waals surface area (Å²) < 4.78 is 7.35. The number of esters is 1. The molecule has 1 aliphatic rings. The summed E-state index contributed by atoms with van der Waals surface area (Å²) in [4.78, 5) is 30.2. The number of aryl methyl sites for hydroxylation is 1. The Balaban J connectivity index is 1.49. The van der Waals surface area contributed by atoms with Crippen LogP contribution < -0.4 is 10.3 Å². The molecule has 0 radical (unpaired) electrons. The molecule has 5 heteroatoms. The van der Waals surface area contributed by atoms with Crippen LogP contribution in [-0.2, 0) is 13.0 Å². The topological polar surface area (TPSA) is 61.2 Å². The summed E-state index contributed by atoms with van der Waals surface area (Å²) in [6, 6.07) is 18.4. The van der Waals surface area contributed by atoms with Gasteiger partial charge in [0.2, 0.25) is 0 Å². The van der Waals surface area contributed by atoms with E-state index in [1.807, 2.05) is 36.4 Å². The van der Waals surface area contributed by atoms with E-state index in [0.717, 1.165) is 42.3 Å². The summed E-state index contributed by atoms with van der Waals surface area (Å²) in [5, 5.41) is 2.63. The maximum atomic E-state index is 12.8. The number of carbonyl (C=O) groups excluding carboxylic acids is 1. The van der Waals surface area contributed by atoms with E-state index in [0.29, 0.717) is 28.8 Å². The molecule has 4 aromatic rings. The lowest BCUT2D eigenvalue weighted by Gasteiger charge is -2.11. The highest BCUT2D eigenvalue weighted by Crippen LogP contribution is 2.22. The van der Waals surface area contributed by atoms with Crippen molar-refractivity contribution in [3.8, 4) is 5.75 Å². The average Bonchev–Trinajstić information content (AvgIpc) is 2.99. The summed E-state index contributed by atoms with van der Waals surface area (Å²) >= 11 is 0. The minimum Gasteiger partial charge on any atom is -0.423 e. The van der Waals surface area contributed by atoms with Crippen LogP contribution in [0.25, 0.3) is 21.7 Å². The number of benzene rings is 3. The number of aromatic nitrogens is 2. The Morgan fingerprint density at radius 1 is 0.931 bits per heavy atom. The van der Waals surface area contributed by atoms with Gasteiger partial charge in [0.15, 0.2) is 0 Å². The van der Waals surface area contributed by atoms with Crippen molar-refractivity contribution in [1.29, 1.82) is 0 Å². The molecule has 0 saturated heterocycles. The third kappa shape index (κ3) is 3.29. The standard InChI is InChI=1S/C24H20N2O3/c27-23-20-12-10-18(15-21(20)25-22-8-2-1-5-13-26(22)23)24(28)29-19-11-9-16-6-3-4-7-17(16)14-19/h3-4,6-7,9-12,14-15H,1-2,5,8,13H2. The van der Waals surface area contributed by atoms with Crippen LogP contribution in [0, 0.1) is 0 Å². The Kier molecular flexibility index (Phi) is 4.35. The second-order valence-electron chi connectivity index (χ2n) is 7.43. The largest absolute Gasteiger partial charge is 0.423 e. The molecule has 0 fully saturated rings. The highest BCUT2D eigenvalue weighted by atomic mass is 16.5. The molecule has 29 heavy (non-hydrogen) atoms. The smallest absolute Gasteiger partial charge is 0.343 e. The van der Waals surface area contributed by atoms with Gasteiger partial charge in [-0.25, -0.2) is 9.78 Å². The second kappa shape index (κ2) is 7.17. The van der Waals surface area contributed by atoms with E-state index in [1.165, 1.54) is 0 Å². The first-order valence-corrected chi connectivity index (χ1v) is 9.93. The van der Waals surface area contributed by atoms with Gasteiger partial charge >= 0.3 is 5.97 Å². The highest BCUT2D eigenvalue weighted by Gasteiger charge is 2.16. The fourth-order valence-corrected chi connectivity index (χ4v) is 3.94. The molecule has 0 amide bonds. The van der Waals surface area contributed by atoms with Gasteiger partial charge in [-0.15, -0.1) is 0 Å². The van der Waals surface area contributed by atoms with Gasteiger partial charge in [0, 0.05) is 13.0 Å². The lowest BCUT2D eigenvalue weighted by Crippen LogP contribution is -2.24. The van der Waals surface area contributed by atoms with Crippen LogP contribution in [0.5, 0.6) is 5.75 Å². The predicted molar refractivity (Wildman–Crippen MR) is 112 cm³/mol. The van der Waals surface area contributed by atoms with Gasteiger partial charge in [0.1, 0.15) is 11.6 Å². The van der Waals surface area contributed by atoms with Crippen molar-refractivity contribution in [1.82, 2.24) is 9.55 Å². The molecule has 0 saturated carbocycles. The number of carbonyl (C=O) groups is 1. The SMILES string of the molecule is O=C(Oc1ccc2ccccc2c1)c1ccc2c(=O)n3c(nc2c1)CCCCC3. The molecule has 3 aromatic carbocycles. The number of nitrogens with zero attached hydrogens (tertiary/aromatic N) is 2. The minimum atomic E-state index is -0.459. The molecular weight excluding hydrogens is 364 g/mol. The predicted octanol–water partition coefficient (Wildman–Crippen LogP) is 4.50. The Labute approximate surface area is 167 Å². The molecule has 0 aliphatic carbocycles. The molecule has 1 aliphatic heterocycles. The van der Waals surface area contributed by atoms with Crippen LogP contribution >= 0.6 is 0 Å². The number of fused-ring (bicyclic) bond motifs is 3. The van der Waals surface area contributed by atoms with Gasteiger partial charge < -0.3 is 4.74 Å². The molecule has 0 atom stereocenters. The van der Waals surface area contributed by atoms with Gasteiger partial charge in [0.05, 0.1) is 16.5 Å². The number of hydrogen-bond acceptors (Lipinski definition) is 4. The number of ether oxygens (including phenoxy) is 1. The van der Waals surface area contributed by atoms with Gasteiger partial charge in [-0.1, -0.05) is 36.8 Å². The fourth-order valence-electron chi connectivity index (χ4n) is 3.94. The summed E-state index contributed by atoms with van der Waals surface area (Å²) in [6.07, 6.45) is 3.91. The van der Waals surface area contributed by atoms with Crippen molar-refractivity contribution in [3.05, 3.63) is 82.4 Å². The maximum absolute atomic E-state index is 12.8. The molecule has 5 nitrogen and oxygen atoms in total. The molecule has 144 valence electrons. The lowest BCUT2D eigenvalue weighted by atomic mass is 10.1. The Morgan fingerprint density at radius 2 is 1.79 bits per heavy atom. The zero-order valence-electron chi connectivity index (χ0n) is 15.9. The number of rotatable bonds is 2. The van der Waals surface area contributed by atoms with Gasteiger partial charge in [-0.2, -0.15) is 0 Å². The first-order valence-electron chi connectivity index (χ1n) is 9.93. The van der Waals surface area contributed by atoms with Gasteiger partial charge in [-0.3, -0.25) is 9.36 Å². The summed E-state index contributed by atoms with van der Waals surface area (Å²) in [5.41, 5.74) is 0.911. The van der Waals surface area contributed by atoms with Crippen LogP contribution in [-0.4, -0.2) is 15.5 Å². The first-order chi connectivity index (χ1) is 14.2. The van der Waals surface area contributed by atoms with E-state index >= 15 is 0 Å². The van der Waals surface area contributed by atoms with Crippen molar-refractivity contribution in [2.75, 3.05) is 0 Å². The van der Waals surface area contributed by atoms with Crippen LogP contribution in [0.2, 0.25) is 0 Å². The van der Waals surface area contributed by atoms with E-state index in [-0.39, 0.29) is 5.56 Å². The van der Waals surface area contributed by atoms with Crippen LogP contribution in [0.4, 0.5) is 0 Å². The molecular formula is C24H20N2O3. The normalized spacial score (nSPS) is 13.8. The lowest BCUT2D eigenvalue weighted by molar-refractivity contribution is 0.0735. The molecule has 0 bridgehead atoms. The summed E-state index contributed by atoms with van der Waals surface area (Å²) in [6.45, 7) is 0.711. The van der Waals surface area contributed by atoms with Gasteiger partial charge in [0.25, 0.3) is 5.56 Å². The second-order valence-corrected chi connectivity index (χ2v) is 7.43. The molecule has 2 heterocycles. The zero-order chi connectivity index (χ0) is 19.8. The van der Waals surface area contributed by atoms with Crippen molar-refractivity contribution in [2.24, 2.45) is 0 Å². The zero-order valence-corrected chi connectivity index (χ0v) is 15.9. The van der Waals surface area contributed by atoms with E-state index in [9.17, 15) is 9.59 Å². The summed E-state index contributed by atoms with van der Waals surface area (Å²) in [5.74, 6) is 0.836. The molecule has 5 rings (SSSR count). The van der Waals surface area contributed by atoms with E-state index in [1.54, 1.807) is 28.8 Å². The minimum absolute atomic E-state index is 0.0265. The molecule has 0 N–H and O–H groups in total. The number of hydrogen-bond donors (Lipinski definition) is 0. The highest BCUT2D eigenvalue weighted by molar-refractivity contribution is 5.95. The van der Waals surface area contributed by atoms with E-state index in [2.05, 4.69) is 4.98 Å². The fraction of sp³-hybridized carbons (Fsp3) is 0.208.